The van der Waals surface area contributed by atoms with Crippen molar-refractivity contribution < 1.29 is 75.7 Å². The topological polar surface area (TPSA) is 294 Å². The number of carbonyl (C=O) groups is 3. The fourth-order valence-electron chi connectivity index (χ4n) is 7.51. The maximum absolute atomic E-state index is 10.3. The van der Waals surface area contributed by atoms with E-state index in [4.69, 9.17) is 61.3 Å². The van der Waals surface area contributed by atoms with Crippen molar-refractivity contribution in [2.45, 2.75) is 322 Å². The molecule has 0 aromatic heterocycles. The molecular weight excluding hydrogens is 997 g/mol. The number of allylic oxidation sites excluding steroid dienone is 4. The second-order valence-electron chi connectivity index (χ2n) is 20.6. The fourth-order valence-corrected chi connectivity index (χ4v) is 7.51. The third-order valence-corrected chi connectivity index (χ3v) is 12.6. The van der Waals surface area contributed by atoms with Gasteiger partial charge in [0.15, 0.2) is 0 Å². The summed E-state index contributed by atoms with van der Waals surface area (Å²) in [4.78, 5) is 31.0. The van der Waals surface area contributed by atoms with Crippen molar-refractivity contribution in [3.05, 3.63) is 24.3 Å². The Morgan fingerprint density at radius 1 is 0.256 bits per heavy atom. The SMILES string of the molecule is CCCCCCCC/C=C\CCCCCCCC(=O)O.CCCCCCCC/C=C\CCCCCCCC(=O)O.CCCCCCCCCCCCCCCCCC(=O)O.OCC(O)CO.OCC(O)CO.OCC(O)CO. The van der Waals surface area contributed by atoms with Gasteiger partial charge in [0.2, 0.25) is 0 Å². The smallest absolute Gasteiger partial charge is 0.303 e. The summed E-state index contributed by atoms with van der Waals surface area (Å²) in [6, 6.07) is 0. The fraction of sp³-hybridized carbons (Fsp3) is 0.889. The Kier molecular flexibility index (Phi) is 92.7. The number of hydrogen-bond acceptors (Lipinski definition) is 12. The summed E-state index contributed by atoms with van der Waals surface area (Å²) >= 11 is 0. The quantitative estimate of drug-likeness (QED) is 0.0199. The van der Waals surface area contributed by atoms with Crippen LogP contribution in [0.3, 0.4) is 0 Å². The summed E-state index contributed by atoms with van der Waals surface area (Å²) in [7, 11) is 0. The van der Waals surface area contributed by atoms with Gasteiger partial charge in [0, 0.05) is 19.3 Å². The second kappa shape index (κ2) is 83.4. The molecule has 0 saturated heterocycles. The lowest BCUT2D eigenvalue weighted by Gasteiger charge is -2.03. The zero-order valence-electron chi connectivity index (χ0n) is 50.5. The van der Waals surface area contributed by atoms with Crippen LogP contribution in [0.4, 0.5) is 0 Å². The molecule has 15 heteroatoms. The van der Waals surface area contributed by atoms with E-state index in [0.29, 0.717) is 19.3 Å². The molecule has 0 aliphatic carbocycles. The molecule has 0 aromatic carbocycles. The number of rotatable bonds is 52. The van der Waals surface area contributed by atoms with Crippen molar-refractivity contribution in [1.29, 1.82) is 0 Å². The van der Waals surface area contributed by atoms with E-state index in [2.05, 4.69) is 45.1 Å². The van der Waals surface area contributed by atoms with E-state index in [1.54, 1.807) is 0 Å². The van der Waals surface area contributed by atoms with Crippen LogP contribution in [0.25, 0.3) is 0 Å². The molecule has 12 N–H and O–H groups in total. The largest absolute Gasteiger partial charge is 0.481 e. The molecule has 0 radical (unpaired) electrons. The number of carboxylic acid groups (broad SMARTS) is 3. The molecule has 0 rings (SSSR count). The van der Waals surface area contributed by atoms with Crippen LogP contribution in [0.2, 0.25) is 0 Å². The Bertz CT molecular complexity index is 1070. The van der Waals surface area contributed by atoms with Gasteiger partial charge in [0.05, 0.1) is 39.6 Å². The van der Waals surface area contributed by atoms with Crippen LogP contribution in [0.15, 0.2) is 24.3 Å². The minimum Gasteiger partial charge on any atom is -0.481 e. The van der Waals surface area contributed by atoms with E-state index in [0.717, 1.165) is 38.5 Å². The van der Waals surface area contributed by atoms with Crippen LogP contribution in [-0.4, -0.2) is 137 Å². The van der Waals surface area contributed by atoms with Crippen molar-refractivity contribution in [1.82, 2.24) is 0 Å². The van der Waals surface area contributed by atoms with Gasteiger partial charge in [-0.2, -0.15) is 0 Å². The van der Waals surface area contributed by atoms with E-state index in [1.807, 2.05) is 0 Å². The average Bonchev–Trinajstić information content (AvgIpc) is 3.43. The van der Waals surface area contributed by atoms with E-state index in [1.165, 1.54) is 225 Å². The van der Waals surface area contributed by atoms with Crippen molar-refractivity contribution in [2.75, 3.05) is 39.6 Å². The summed E-state index contributed by atoms with van der Waals surface area (Å²) < 4.78 is 0. The van der Waals surface area contributed by atoms with Gasteiger partial charge in [-0.1, -0.05) is 238 Å². The maximum atomic E-state index is 10.3. The zero-order valence-corrected chi connectivity index (χ0v) is 50.5. The lowest BCUT2D eigenvalue weighted by molar-refractivity contribution is -0.138. The normalized spacial score (nSPS) is 10.9. The first-order valence-electron chi connectivity index (χ1n) is 31.4. The number of carboxylic acids is 3. The van der Waals surface area contributed by atoms with Crippen molar-refractivity contribution >= 4 is 17.9 Å². The molecule has 78 heavy (non-hydrogen) atoms. The van der Waals surface area contributed by atoms with Crippen LogP contribution in [0, 0.1) is 0 Å². The standard InChI is InChI=1S/C18H36O2.2C18H34O2.3C3H8O3/c3*1-2-3-4-5-6-7-8-9-10-11-12-13-14-15-16-17-18(19)20;3*4-1-3(6)2-5/h2-17H2,1H3,(H,19,20);2*9-10H,2-8,11-17H2,1H3,(H,19,20);3*3-6H,1-2H2/b;2*10-9-;;;. The van der Waals surface area contributed by atoms with Crippen molar-refractivity contribution in [2.24, 2.45) is 0 Å². The molecule has 0 aliphatic heterocycles. The van der Waals surface area contributed by atoms with Gasteiger partial charge in [0.1, 0.15) is 18.3 Å². The first-order chi connectivity index (χ1) is 37.7. The van der Waals surface area contributed by atoms with E-state index < -0.39 is 36.2 Å². The van der Waals surface area contributed by atoms with Crippen molar-refractivity contribution in [3.63, 3.8) is 0 Å². The van der Waals surface area contributed by atoms with Gasteiger partial charge in [-0.25, -0.2) is 0 Å². The van der Waals surface area contributed by atoms with E-state index >= 15 is 0 Å². The molecule has 0 amide bonds. The Labute approximate surface area is 477 Å². The number of aliphatic hydroxyl groups excluding tert-OH is 9. The Morgan fingerprint density at radius 2 is 0.397 bits per heavy atom. The number of aliphatic hydroxyl groups is 9. The predicted molar refractivity (Wildman–Crippen MR) is 322 cm³/mol. The predicted octanol–water partition coefficient (Wildman–Crippen LogP) is 13.5. The van der Waals surface area contributed by atoms with Crippen LogP contribution < -0.4 is 0 Å². The second-order valence-corrected chi connectivity index (χ2v) is 20.6. The number of hydrogen-bond donors (Lipinski definition) is 12. The molecule has 470 valence electrons. The van der Waals surface area contributed by atoms with Gasteiger partial charge in [-0.15, -0.1) is 0 Å². The monoisotopic (exact) mass is 1120 g/mol. The lowest BCUT2D eigenvalue weighted by atomic mass is 10.0. The highest BCUT2D eigenvalue weighted by Gasteiger charge is 2.00. The maximum Gasteiger partial charge on any atom is 0.303 e. The van der Waals surface area contributed by atoms with Gasteiger partial charge in [-0.05, 0) is 70.6 Å². The molecule has 0 aromatic rings. The molecule has 0 atom stereocenters. The molecule has 0 fully saturated rings. The lowest BCUT2D eigenvalue weighted by Crippen LogP contribution is -2.15. The molecule has 0 heterocycles. The average molecular weight is 1130 g/mol. The Hall–Kier alpha value is -2.47. The van der Waals surface area contributed by atoms with Gasteiger partial charge >= 0.3 is 17.9 Å². The molecule has 0 aliphatic rings. The van der Waals surface area contributed by atoms with Gasteiger partial charge in [0.25, 0.3) is 0 Å². The summed E-state index contributed by atoms with van der Waals surface area (Å²) in [6.45, 7) is 4.60. The van der Waals surface area contributed by atoms with Crippen molar-refractivity contribution in [3.8, 4) is 0 Å². The third kappa shape index (κ3) is 106. The Morgan fingerprint density at radius 3 is 0.526 bits per heavy atom. The van der Waals surface area contributed by atoms with Gasteiger partial charge in [-0.3, -0.25) is 14.4 Å². The number of unbranched alkanes of at least 4 members (excludes halogenated alkanes) is 36. The first kappa shape index (κ1) is 86.8. The van der Waals surface area contributed by atoms with E-state index in [9.17, 15) is 14.4 Å². The summed E-state index contributed by atoms with van der Waals surface area (Å²) in [5.41, 5.74) is 0. The molecule has 0 unspecified atom stereocenters. The first-order valence-corrected chi connectivity index (χ1v) is 31.4. The summed E-state index contributed by atoms with van der Waals surface area (Å²) in [6.07, 6.45) is 59.8. The highest BCUT2D eigenvalue weighted by Crippen LogP contribution is 2.15. The third-order valence-electron chi connectivity index (χ3n) is 12.6. The van der Waals surface area contributed by atoms with E-state index in [-0.39, 0.29) is 39.6 Å². The number of aliphatic carboxylic acids is 3. The summed E-state index contributed by atoms with van der Waals surface area (Å²) in [5, 5.41) is 97.6. The molecule has 0 spiro atoms. The Balaban J connectivity index is -0.000000214. The molecular formula is C63H128O15. The molecule has 0 bridgehead atoms. The molecule has 15 nitrogen and oxygen atoms in total. The van der Waals surface area contributed by atoms with Crippen LogP contribution in [0.1, 0.15) is 303 Å². The molecule has 0 saturated carbocycles. The summed E-state index contributed by atoms with van der Waals surface area (Å²) in [5.74, 6) is -1.98. The van der Waals surface area contributed by atoms with Gasteiger partial charge < -0.3 is 61.3 Å². The minimum absolute atomic E-state index is 0.332. The highest BCUT2D eigenvalue weighted by atomic mass is 16.4. The van der Waals surface area contributed by atoms with Crippen LogP contribution in [-0.2, 0) is 14.4 Å². The van der Waals surface area contributed by atoms with Crippen LogP contribution >= 0.6 is 0 Å². The highest BCUT2D eigenvalue weighted by molar-refractivity contribution is 5.67. The zero-order chi connectivity index (χ0) is 59.6. The minimum atomic E-state index is -0.954. The van der Waals surface area contributed by atoms with Crippen LogP contribution in [0.5, 0.6) is 0 Å².